The van der Waals surface area contributed by atoms with Crippen molar-refractivity contribution >= 4 is 35.5 Å². The number of nitrogens with one attached hydrogen (secondary N) is 1. The molecule has 0 unspecified atom stereocenters. The molecular formula is C16H18Cl2N2O. The quantitative estimate of drug-likeness (QED) is 0.857. The summed E-state index contributed by atoms with van der Waals surface area (Å²) in [5, 5.41) is 3.75. The van der Waals surface area contributed by atoms with E-state index in [1.807, 2.05) is 42.5 Å². The molecule has 5 heteroatoms. The Kier molecular flexibility index (Phi) is 7.23. The number of para-hydroxylation sites is 1. The summed E-state index contributed by atoms with van der Waals surface area (Å²) in [5.74, 6) is -0.0104. The van der Waals surface area contributed by atoms with Crippen molar-refractivity contribution in [2.24, 2.45) is 5.73 Å². The van der Waals surface area contributed by atoms with Gasteiger partial charge < -0.3 is 11.1 Å². The van der Waals surface area contributed by atoms with E-state index in [0.717, 1.165) is 11.3 Å². The summed E-state index contributed by atoms with van der Waals surface area (Å²) >= 11 is 5.82. The second-order valence-corrected chi connectivity index (χ2v) is 5.06. The first-order valence-electron chi connectivity index (χ1n) is 6.47. The highest BCUT2D eigenvalue weighted by atomic mass is 35.5. The Hall–Kier alpha value is -1.55. The minimum Gasteiger partial charge on any atom is -0.378 e. The number of hydrogen-bond donors (Lipinski definition) is 2. The average Bonchev–Trinajstić information content (AvgIpc) is 2.48. The SMILES string of the molecule is Cl.N[C@@H](Cc1ccc(Cl)cc1)C(=O)CNc1ccccc1. The molecular weight excluding hydrogens is 307 g/mol. The normalized spacial score (nSPS) is 11.3. The van der Waals surface area contributed by atoms with Crippen LogP contribution in [0.4, 0.5) is 5.69 Å². The van der Waals surface area contributed by atoms with Crippen LogP contribution in [0.3, 0.4) is 0 Å². The van der Waals surface area contributed by atoms with Gasteiger partial charge in [0.25, 0.3) is 0 Å². The summed E-state index contributed by atoms with van der Waals surface area (Å²) in [7, 11) is 0. The maximum Gasteiger partial charge on any atom is 0.168 e. The van der Waals surface area contributed by atoms with Gasteiger partial charge >= 0.3 is 0 Å². The highest BCUT2D eigenvalue weighted by molar-refractivity contribution is 6.30. The molecule has 2 aromatic rings. The number of Topliss-reactive ketones (excluding diaryl/α,β-unsaturated/α-hetero) is 1. The lowest BCUT2D eigenvalue weighted by atomic mass is 10.0. The Labute approximate surface area is 135 Å². The molecule has 0 radical (unpaired) electrons. The lowest BCUT2D eigenvalue weighted by Gasteiger charge is -2.12. The van der Waals surface area contributed by atoms with Gasteiger partial charge in [-0.3, -0.25) is 4.79 Å². The Morgan fingerprint density at radius 1 is 1.10 bits per heavy atom. The molecule has 2 aromatic carbocycles. The van der Waals surface area contributed by atoms with E-state index in [1.54, 1.807) is 12.1 Å². The third kappa shape index (κ3) is 5.76. The molecule has 3 N–H and O–H groups in total. The maximum absolute atomic E-state index is 12.0. The number of anilines is 1. The molecule has 0 saturated heterocycles. The number of carbonyl (C=O) groups excluding carboxylic acids is 1. The number of nitrogens with two attached hydrogens (primary N) is 1. The molecule has 3 nitrogen and oxygen atoms in total. The zero-order valence-electron chi connectivity index (χ0n) is 11.5. The van der Waals surface area contributed by atoms with Gasteiger partial charge in [0.05, 0.1) is 12.6 Å². The number of benzene rings is 2. The molecule has 0 aliphatic carbocycles. The summed E-state index contributed by atoms with van der Waals surface area (Å²) in [5.41, 5.74) is 7.85. The van der Waals surface area contributed by atoms with E-state index in [0.29, 0.717) is 11.4 Å². The molecule has 0 aromatic heterocycles. The van der Waals surface area contributed by atoms with Crippen LogP contribution in [0.5, 0.6) is 0 Å². The largest absolute Gasteiger partial charge is 0.378 e. The van der Waals surface area contributed by atoms with Crippen LogP contribution in [-0.2, 0) is 11.2 Å². The van der Waals surface area contributed by atoms with Gasteiger partial charge in [-0.15, -0.1) is 12.4 Å². The summed E-state index contributed by atoms with van der Waals surface area (Å²) in [6.07, 6.45) is 0.520. The fraction of sp³-hybridized carbons (Fsp3) is 0.188. The molecule has 0 spiro atoms. The van der Waals surface area contributed by atoms with Crippen molar-refractivity contribution in [3.8, 4) is 0 Å². The summed E-state index contributed by atoms with van der Waals surface area (Å²) in [6, 6.07) is 16.5. The lowest BCUT2D eigenvalue weighted by molar-refractivity contribution is -0.118. The topological polar surface area (TPSA) is 55.1 Å². The third-order valence-electron chi connectivity index (χ3n) is 3.02. The number of halogens is 2. The van der Waals surface area contributed by atoms with Crippen LogP contribution in [0, 0.1) is 0 Å². The fourth-order valence-corrected chi connectivity index (χ4v) is 1.99. The van der Waals surface area contributed by atoms with Crippen LogP contribution in [0.25, 0.3) is 0 Å². The third-order valence-corrected chi connectivity index (χ3v) is 3.27. The van der Waals surface area contributed by atoms with E-state index in [9.17, 15) is 4.79 Å². The van der Waals surface area contributed by atoms with Crippen LogP contribution in [-0.4, -0.2) is 18.4 Å². The molecule has 112 valence electrons. The van der Waals surface area contributed by atoms with Crippen molar-refractivity contribution in [1.82, 2.24) is 0 Å². The molecule has 21 heavy (non-hydrogen) atoms. The number of rotatable bonds is 6. The van der Waals surface area contributed by atoms with Crippen LogP contribution in [0.1, 0.15) is 5.56 Å². The Morgan fingerprint density at radius 3 is 2.33 bits per heavy atom. The number of hydrogen-bond acceptors (Lipinski definition) is 3. The van der Waals surface area contributed by atoms with Gasteiger partial charge in [0.2, 0.25) is 0 Å². The molecule has 0 amide bonds. The molecule has 0 fully saturated rings. The van der Waals surface area contributed by atoms with Gasteiger partial charge in [0.1, 0.15) is 0 Å². The Morgan fingerprint density at radius 2 is 1.71 bits per heavy atom. The standard InChI is InChI=1S/C16H17ClN2O.ClH/c17-13-8-6-12(7-9-13)10-15(18)16(20)11-19-14-4-2-1-3-5-14;/h1-9,15,19H,10-11,18H2;1H/t15-;/m0./s1. The molecule has 0 bridgehead atoms. The summed E-state index contributed by atoms with van der Waals surface area (Å²) in [4.78, 5) is 12.0. The van der Waals surface area contributed by atoms with Crippen molar-refractivity contribution in [2.75, 3.05) is 11.9 Å². The van der Waals surface area contributed by atoms with Crippen LogP contribution >= 0.6 is 24.0 Å². The molecule has 1 atom stereocenters. The zero-order chi connectivity index (χ0) is 14.4. The highest BCUT2D eigenvalue weighted by Crippen LogP contribution is 2.11. The Bertz CT molecular complexity index is 558. The summed E-state index contributed by atoms with van der Waals surface area (Å²) in [6.45, 7) is 0.235. The smallest absolute Gasteiger partial charge is 0.168 e. The molecule has 0 aliphatic heterocycles. The van der Waals surface area contributed by atoms with Crippen molar-refractivity contribution in [2.45, 2.75) is 12.5 Å². The van der Waals surface area contributed by atoms with E-state index >= 15 is 0 Å². The Balaban J connectivity index is 0.00000220. The van der Waals surface area contributed by atoms with E-state index in [4.69, 9.17) is 17.3 Å². The number of carbonyl (C=O) groups is 1. The zero-order valence-corrected chi connectivity index (χ0v) is 13.0. The predicted molar refractivity (Wildman–Crippen MR) is 90.3 cm³/mol. The number of ketones is 1. The van der Waals surface area contributed by atoms with Gasteiger partial charge in [-0.05, 0) is 36.2 Å². The second-order valence-electron chi connectivity index (χ2n) is 4.62. The van der Waals surface area contributed by atoms with Crippen molar-refractivity contribution in [3.63, 3.8) is 0 Å². The van der Waals surface area contributed by atoms with Gasteiger partial charge in [-0.2, -0.15) is 0 Å². The first-order chi connectivity index (χ1) is 9.65. The monoisotopic (exact) mass is 324 g/mol. The predicted octanol–water partition coefficient (Wildman–Crippen LogP) is 3.31. The minimum absolute atomic E-state index is 0. The van der Waals surface area contributed by atoms with E-state index in [1.165, 1.54) is 0 Å². The van der Waals surface area contributed by atoms with E-state index in [2.05, 4.69) is 5.32 Å². The van der Waals surface area contributed by atoms with Crippen molar-refractivity contribution < 1.29 is 4.79 Å². The van der Waals surface area contributed by atoms with E-state index < -0.39 is 6.04 Å². The first-order valence-corrected chi connectivity index (χ1v) is 6.84. The van der Waals surface area contributed by atoms with E-state index in [-0.39, 0.29) is 24.7 Å². The minimum atomic E-state index is -0.507. The average molecular weight is 325 g/mol. The van der Waals surface area contributed by atoms with Crippen LogP contribution < -0.4 is 11.1 Å². The van der Waals surface area contributed by atoms with Gasteiger partial charge in [0.15, 0.2) is 5.78 Å². The van der Waals surface area contributed by atoms with Gasteiger partial charge in [-0.1, -0.05) is 41.9 Å². The van der Waals surface area contributed by atoms with Crippen molar-refractivity contribution in [1.29, 1.82) is 0 Å². The molecule has 0 heterocycles. The maximum atomic E-state index is 12.0. The lowest BCUT2D eigenvalue weighted by Crippen LogP contribution is -2.36. The van der Waals surface area contributed by atoms with Gasteiger partial charge in [-0.25, -0.2) is 0 Å². The second kappa shape index (κ2) is 8.67. The molecule has 0 saturated carbocycles. The summed E-state index contributed by atoms with van der Waals surface area (Å²) < 4.78 is 0. The van der Waals surface area contributed by atoms with Crippen LogP contribution in [0.2, 0.25) is 5.02 Å². The van der Waals surface area contributed by atoms with Crippen LogP contribution in [0.15, 0.2) is 54.6 Å². The fourth-order valence-electron chi connectivity index (χ4n) is 1.86. The van der Waals surface area contributed by atoms with Crippen molar-refractivity contribution in [3.05, 3.63) is 65.2 Å². The highest BCUT2D eigenvalue weighted by Gasteiger charge is 2.13. The van der Waals surface area contributed by atoms with Gasteiger partial charge in [0, 0.05) is 10.7 Å². The first kappa shape index (κ1) is 17.5. The molecule has 0 aliphatic rings. The molecule has 2 rings (SSSR count).